The zero-order chi connectivity index (χ0) is 14.5. The van der Waals surface area contributed by atoms with Crippen LogP contribution in [0.4, 0.5) is 10.1 Å². The van der Waals surface area contributed by atoms with Crippen molar-refractivity contribution < 1.29 is 9.18 Å². The molecule has 19 heavy (non-hydrogen) atoms. The number of amides is 1. The highest BCUT2D eigenvalue weighted by atomic mass is 19.1. The van der Waals surface area contributed by atoms with Gasteiger partial charge in [-0.2, -0.15) is 0 Å². The van der Waals surface area contributed by atoms with E-state index in [9.17, 15) is 9.18 Å². The van der Waals surface area contributed by atoms with E-state index >= 15 is 0 Å². The predicted octanol–water partition coefficient (Wildman–Crippen LogP) is 3.57. The number of nitrogens with one attached hydrogen (secondary N) is 2. The van der Waals surface area contributed by atoms with E-state index < -0.39 is 5.82 Å². The zero-order valence-corrected chi connectivity index (χ0v) is 12.1. The average Bonchev–Trinajstić information content (AvgIpc) is 2.36. The van der Waals surface area contributed by atoms with E-state index in [-0.39, 0.29) is 17.1 Å². The number of rotatable bonds is 6. The average molecular weight is 266 g/mol. The molecule has 0 atom stereocenters. The Morgan fingerprint density at radius 2 is 2.00 bits per heavy atom. The van der Waals surface area contributed by atoms with Gasteiger partial charge in [0.15, 0.2) is 0 Å². The molecule has 0 aliphatic carbocycles. The number of halogens is 1. The molecule has 106 valence electrons. The summed E-state index contributed by atoms with van der Waals surface area (Å²) >= 11 is 0. The molecule has 0 fully saturated rings. The van der Waals surface area contributed by atoms with Crippen molar-refractivity contribution in [2.75, 3.05) is 11.9 Å². The van der Waals surface area contributed by atoms with E-state index in [2.05, 4.69) is 10.6 Å². The second kappa shape index (κ2) is 6.55. The molecule has 0 aromatic heterocycles. The van der Waals surface area contributed by atoms with Crippen LogP contribution in [0.15, 0.2) is 18.2 Å². The van der Waals surface area contributed by atoms with Crippen molar-refractivity contribution in [3.63, 3.8) is 0 Å². The lowest BCUT2D eigenvalue weighted by Gasteiger charge is -2.25. The van der Waals surface area contributed by atoms with Gasteiger partial charge in [0.2, 0.25) is 0 Å². The number of para-hydroxylation sites is 1. The van der Waals surface area contributed by atoms with Crippen molar-refractivity contribution in [2.45, 2.75) is 46.1 Å². The smallest absolute Gasteiger partial charge is 0.253 e. The van der Waals surface area contributed by atoms with Crippen LogP contribution in [0.25, 0.3) is 0 Å². The quantitative estimate of drug-likeness (QED) is 0.826. The molecule has 0 unspecified atom stereocenters. The number of carbonyl (C=O) groups excluding carboxylic acids is 1. The van der Waals surface area contributed by atoms with Crippen molar-refractivity contribution in [3.05, 3.63) is 29.6 Å². The van der Waals surface area contributed by atoms with Gasteiger partial charge in [0.1, 0.15) is 5.82 Å². The Kier molecular flexibility index (Phi) is 5.33. The topological polar surface area (TPSA) is 41.1 Å². The van der Waals surface area contributed by atoms with E-state index in [0.717, 1.165) is 12.8 Å². The van der Waals surface area contributed by atoms with Crippen molar-refractivity contribution in [3.8, 4) is 0 Å². The van der Waals surface area contributed by atoms with Crippen molar-refractivity contribution >= 4 is 11.6 Å². The number of hydrogen-bond donors (Lipinski definition) is 2. The molecule has 0 saturated carbocycles. The first kappa shape index (κ1) is 15.5. The molecule has 0 radical (unpaired) electrons. The van der Waals surface area contributed by atoms with Crippen LogP contribution in [-0.4, -0.2) is 18.0 Å². The van der Waals surface area contributed by atoms with Crippen molar-refractivity contribution in [1.29, 1.82) is 0 Å². The Morgan fingerprint density at radius 1 is 1.32 bits per heavy atom. The Balaban J connectivity index is 2.99. The lowest BCUT2D eigenvalue weighted by atomic mass is 10.0. The summed E-state index contributed by atoms with van der Waals surface area (Å²) in [4.78, 5) is 12.2. The van der Waals surface area contributed by atoms with Gasteiger partial charge in [0.25, 0.3) is 5.91 Å². The lowest BCUT2D eigenvalue weighted by Crippen LogP contribution is -2.43. The molecular formula is C15H23FN2O. The molecule has 3 nitrogen and oxygen atoms in total. The van der Waals surface area contributed by atoms with Crippen LogP contribution in [-0.2, 0) is 0 Å². The standard InChI is InChI=1S/C15H23FN2O/c1-5-10-17-13-11(8-7-9-12(13)16)14(19)18-15(3,4)6-2/h7-9,17H,5-6,10H2,1-4H3,(H,18,19). The van der Waals surface area contributed by atoms with Crippen LogP contribution in [0, 0.1) is 5.82 Å². The van der Waals surface area contributed by atoms with Crippen LogP contribution in [0.5, 0.6) is 0 Å². The normalized spacial score (nSPS) is 11.2. The fraction of sp³-hybridized carbons (Fsp3) is 0.533. The minimum Gasteiger partial charge on any atom is -0.382 e. The number of anilines is 1. The van der Waals surface area contributed by atoms with E-state index in [1.807, 2.05) is 27.7 Å². The molecule has 1 rings (SSSR count). The third-order valence-electron chi connectivity index (χ3n) is 3.15. The lowest BCUT2D eigenvalue weighted by molar-refractivity contribution is 0.0911. The molecule has 1 aromatic rings. The zero-order valence-electron chi connectivity index (χ0n) is 12.1. The molecule has 0 saturated heterocycles. The Labute approximate surface area is 114 Å². The van der Waals surface area contributed by atoms with Gasteiger partial charge in [-0.15, -0.1) is 0 Å². The summed E-state index contributed by atoms with van der Waals surface area (Å²) in [6.45, 7) is 8.53. The molecule has 0 aliphatic rings. The first-order valence-electron chi connectivity index (χ1n) is 6.76. The summed E-state index contributed by atoms with van der Waals surface area (Å²) in [6.07, 6.45) is 1.68. The predicted molar refractivity (Wildman–Crippen MR) is 77.0 cm³/mol. The molecule has 1 amide bonds. The fourth-order valence-electron chi connectivity index (χ4n) is 1.61. The molecule has 4 heteroatoms. The minimum atomic E-state index is -0.393. The summed E-state index contributed by atoms with van der Waals surface area (Å²) in [7, 11) is 0. The number of benzene rings is 1. The largest absolute Gasteiger partial charge is 0.382 e. The molecular weight excluding hydrogens is 243 g/mol. The van der Waals surface area contributed by atoms with Crippen LogP contribution < -0.4 is 10.6 Å². The summed E-state index contributed by atoms with van der Waals surface area (Å²) < 4.78 is 13.8. The summed E-state index contributed by atoms with van der Waals surface area (Å²) in [5.74, 6) is -0.639. The Hall–Kier alpha value is -1.58. The Bertz CT molecular complexity index is 444. The molecule has 0 spiro atoms. The molecule has 0 aliphatic heterocycles. The van der Waals surface area contributed by atoms with E-state index in [1.165, 1.54) is 6.07 Å². The number of hydrogen-bond acceptors (Lipinski definition) is 2. The fourth-order valence-corrected chi connectivity index (χ4v) is 1.61. The first-order chi connectivity index (χ1) is 8.91. The third-order valence-corrected chi connectivity index (χ3v) is 3.15. The SMILES string of the molecule is CCCNc1c(F)cccc1C(=O)NC(C)(C)CC. The van der Waals surface area contributed by atoms with Crippen molar-refractivity contribution in [1.82, 2.24) is 5.32 Å². The molecule has 2 N–H and O–H groups in total. The molecule has 0 heterocycles. The Morgan fingerprint density at radius 3 is 2.58 bits per heavy atom. The monoisotopic (exact) mass is 266 g/mol. The van der Waals surface area contributed by atoms with Crippen molar-refractivity contribution in [2.24, 2.45) is 0 Å². The second-order valence-electron chi connectivity index (χ2n) is 5.28. The van der Waals surface area contributed by atoms with Gasteiger partial charge in [-0.3, -0.25) is 4.79 Å². The highest BCUT2D eigenvalue weighted by Crippen LogP contribution is 2.21. The second-order valence-corrected chi connectivity index (χ2v) is 5.28. The summed E-state index contributed by atoms with van der Waals surface area (Å²) in [5.41, 5.74) is 0.342. The first-order valence-corrected chi connectivity index (χ1v) is 6.76. The van der Waals surface area contributed by atoms with Crippen LogP contribution >= 0.6 is 0 Å². The maximum absolute atomic E-state index is 13.8. The van der Waals surface area contributed by atoms with Gasteiger partial charge in [0, 0.05) is 12.1 Å². The molecule has 1 aromatic carbocycles. The van der Waals surface area contributed by atoms with Gasteiger partial charge in [-0.1, -0.05) is 19.9 Å². The minimum absolute atomic E-state index is 0.245. The van der Waals surface area contributed by atoms with Crippen LogP contribution in [0.1, 0.15) is 50.9 Å². The van der Waals surface area contributed by atoms with Gasteiger partial charge in [-0.25, -0.2) is 4.39 Å². The highest BCUT2D eigenvalue weighted by Gasteiger charge is 2.21. The molecule has 0 bridgehead atoms. The highest BCUT2D eigenvalue weighted by molar-refractivity contribution is 6.00. The van der Waals surface area contributed by atoms with E-state index in [0.29, 0.717) is 12.1 Å². The van der Waals surface area contributed by atoms with Gasteiger partial charge >= 0.3 is 0 Å². The van der Waals surface area contributed by atoms with Gasteiger partial charge in [0.05, 0.1) is 11.3 Å². The van der Waals surface area contributed by atoms with Gasteiger partial charge in [-0.05, 0) is 38.8 Å². The summed E-state index contributed by atoms with van der Waals surface area (Å²) in [5, 5.41) is 5.90. The summed E-state index contributed by atoms with van der Waals surface area (Å²) in [6, 6.07) is 4.56. The third kappa shape index (κ3) is 4.23. The van der Waals surface area contributed by atoms with E-state index in [1.54, 1.807) is 12.1 Å². The van der Waals surface area contributed by atoms with E-state index in [4.69, 9.17) is 0 Å². The van der Waals surface area contributed by atoms with Crippen LogP contribution in [0.3, 0.4) is 0 Å². The maximum Gasteiger partial charge on any atom is 0.253 e. The maximum atomic E-state index is 13.8. The number of carbonyl (C=O) groups is 1. The van der Waals surface area contributed by atoms with Gasteiger partial charge < -0.3 is 10.6 Å². The van der Waals surface area contributed by atoms with Crippen LogP contribution in [0.2, 0.25) is 0 Å².